The number of aryl methyl sites for hydroxylation is 1. The maximum absolute atomic E-state index is 13.6. The molecule has 6 nitrogen and oxygen atoms in total. The molecule has 2 aromatic carbocycles. The Bertz CT molecular complexity index is 1420. The molecule has 0 saturated heterocycles. The van der Waals surface area contributed by atoms with Crippen LogP contribution >= 0.6 is 0 Å². The van der Waals surface area contributed by atoms with E-state index in [1.54, 1.807) is 38.4 Å². The Balaban J connectivity index is 1.91. The van der Waals surface area contributed by atoms with Gasteiger partial charge >= 0.3 is 0 Å². The number of aliphatic hydroxyl groups is 1. The average Bonchev–Trinajstić information content (AvgIpc) is 2.82. The number of nitrogens with zero attached hydrogens (tertiary/aromatic N) is 2. The number of allylic oxidation sites excluding steroid dienone is 1. The Kier molecular flexibility index (Phi) is 6.62. The van der Waals surface area contributed by atoms with Crippen molar-refractivity contribution in [3.63, 3.8) is 0 Å². The minimum Gasteiger partial charge on any atom is -0.389 e. The Labute approximate surface area is 203 Å². The van der Waals surface area contributed by atoms with Gasteiger partial charge in [-0.05, 0) is 80.4 Å². The minimum atomic E-state index is -0.915. The second-order valence-electron chi connectivity index (χ2n) is 9.12. The van der Waals surface area contributed by atoms with Crippen LogP contribution in [0.4, 0.5) is 10.2 Å². The molecule has 2 aromatic heterocycles. The number of pyridine rings is 2. The lowest BCUT2D eigenvalue weighted by atomic mass is 9.94. The third kappa shape index (κ3) is 5.36. The summed E-state index contributed by atoms with van der Waals surface area (Å²) in [4.78, 5) is 9.14. The molecule has 0 unspecified atom stereocenters. The van der Waals surface area contributed by atoms with Crippen LogP contribution in [0.1, 0.15) is 25.0 Å². The van der Waals surface area contributed by atoms with Crippen molar-refractivity contribution in [3.8, 4) is 22.4 Å². The summed E-state index contributed by atoms with van der Waals surface area (Å²) in [7, 11) is 0. The quantitative estimate of drug-likeness (QED) is 0.273. The summed E-state index contributed by atoms with van der Waals surface area (Å²) < 4.78 is 13.6. The maximum atomic E-state index is 13.6. The van der Waals surface area contributed by atoms with Crippen molar-refractivity contribution < 1.29 is 9.50 Å². The first kappa shape index (κ1) is 24.0. The van der Waals surface area contributed by atoms with Crippen LogP contribution in [0.5, 0.6) is 0 Å². The molecular weight excluding hydrogens is 441 g/mol. The van der Waals surface area contributed by atoms with E-state index >= 15 is 0 Å². The Morgan fingerprint density at radius 2 is 1.83 bits per heavy atom. The number of fused-ring (bicyclic) bond motifs is 1. The van der Waals surface area contributed by atoms with E-state index < -0.39 is 5.60 Å². The van der Waals surface area contributed by atoms with Crippen molar-refractivity contribution in [2.45, 2.75) is 26.4 Å². The predicted molar refractivity (Wildman–Crippen MR) is 141 cm³/mol. The van der Waals surface area contributed by atoms with E-state index in [9.17, 15) is 9.50 Å². The van der Waals surface area contributed by atoms with Crippen LogP contribution in [-0.2, 0) is 0 Å². The van der Waals surface area contributed by atoms with Gasteiger partial charge in [0.15, 0.2) is 0 Å². The monoisotopic (exact) mass is 469 g/mol. The second kappa shape index (κ2) is 9.64. The van der Waals surface area contributed by atoms with Crippen LogP contribution in [-0.4, -0.2) is 33.4 Å². The molecular formula is C28H28FN5O. The smallest absolute Gasteiger partial charge is 0.132 e. The zero-order chi connectivity index (χ0) is 25.2. The number of aromatic nitrogens is 2. The summed E-state index contributed by atoms with van der Waals surface area (Å²) >= 11 is 0. The zero-order valence-electron chi connectivity index (χ0n) is 19.9. The van der Waals surface area contributed by atoms with Crippen molar-refractivity contribution in [1.82, 2.24) is 15.3 Å². The van der Waals surface area contributed by atoms with E-state index in [1.165, 1.54) is 18.3 Å². The van der Waals surface area contributed by atoms with E-state index in [0.717, 1.165) is 33.2 Å². The summed E-state index contributed by atoms with van der Waals surface area (Å²) in [5.74, 6) is -0.0919. The zero-order valence-corrected chi connectivity index (χ0v) is 19.9. The van der Waals surface area contributed by atoms with E-state index in [4.69, 9.17) is 16.1 Å². The molecule has 0 atom stereocenters. The molecule has 0 bridgehead atoms. The Morgan fingerprint density at radius 1 is 1.11 bits per heavy atom. The highest BCUT2D eigenvalue weighted by atomic mass is 19.1. The third-order valence-electron chi connectivity index (χ3n) is 5.70. The molecule has 0 aliphatic heterocycles. The average molecular weight is 470 g/mol. The molecule has 0 saturated carbocycles. The van der Waals surface area contributed by atoms with Gasteiger partial charge in [0.1, 0.15) is 11.6 Å². The molecule has 5 N–H and O–H groups in total. The van der Waals surface area contributed by atoms with Crippen LogP contribution in [0.2, 0.25) is 0 Å². The van der Waals surface area contributed by atoms with Crippen molar-refractivity contribution in [2.75, 3.05) is 12.3 Å². The fourth-order valence-corrected chi connectivity index (χ4v) is 3.87. The summed E-state index contributed by atoms with van der Waals surface area (Å²) in [6.07, 6.45) is 4.63. The number of hydrogen-bond donors (Lipinski definition) is 4. The van der Waals surface area contributed by atoms with Gasteiger partial charge in [-0.1, -0.05) is 6.07 Å². The number of hydrogen-bond acceptors (Lipinski definition) is 6. The van der Waals surface area contributed by atoms with Gasteiger partial charge in [-0.2, -0.15) is 0 Å². The van der Waals surface area contributed by atoms with Gasteiger partial charge in [-0.25, -0.2) is 9.37 Å². The highest BCUT2D eigenvalue weighted by Gasteiger charge is 2.17. The molecule has 35 heavy (non-hydrogen) atoms. The molecule has 0 radical (unpaired) electrons. The first-order valence-corrected chi connectivity index (χ1v) is 11.3. The number of rotatable bonds is 7. The van der Waals surface area contributed by atoms with Gasteiger partial charge < -0.3 is 21.6 Å². The summed E-state index contributed by atoms with van der Waals surface area (Å²) in [5.41, 5.74) is 11.6. The van der Waals surface area contributed by atoms with Crippen molar-refractivity contribution in [1.29, 1.82) is 5.41 Å². The topological polar surface area (TPSA) is 108 Å². The van der Waals surface area contributed by atoms with Gasteiger partial charge in [0.25, 0.3) is 0 Å². The van der Waals surface area contributed by atoms with E-state index in [0.29, 0.717) is 23.4 Å². The molecule has 0 fully saturated rings. The summed E-state index contributed by atoms with van der Waals surface area (Å²) in [6, 6.07) is 16.0. The van der Waals surface area contributed by atoms with Crippen LogP contribution in [0, 0.1) is 18.2 Å². The number of nitrogen functional groups attached to an aromatic ring is 1. The number of halogens is 1. The molecule has 0 amide bonds. The van der Waals surface area contributed by atoms with E-state index in [1.807, 2.05) is 31.2 Å². The molecule has 2 heterocycles. The van der Waals surface area contributed by atoms with Gasteiger partial charge in [-0.3, -0.25) is 4.98 Å². The predicted octanol–water partition coefficient (Wildman–Crippen LogP) is 5.34. The van der Waals surface area contributed by atoms with Crippen LogP contribution in [0.3, 0.4) is 0 Å². The fourth-order valence-electron chi connectivity index (χ4n) is 3.87. The molecule has 7 heteroatoms. The standard InChI is InChI=1S/C28H28FN5O/c1-17-10-11-33-25-9-6-19(12-22(17)25)23-13-24(20(14-30)15-32-16-28(2,3)35)27(31)34-26(23)18-4-7-21(29)8-5-18/h4-15,30,32,35H,16H2,1-3H3,(H2,31,34)/b20-15+,30-14?. The van der Waals surface area contributed by atoms with Crippen molar-refractivity contribution in [2.24, 2.45) is 0 Å². The fraction of sp³-hybridized carbons (Fsp3) is 0.179. The van der Waals surface area contributed by atoms with Gasteiger partial charge in [0.05, 0.1) is 16.8 Å². The highest BCUT2D eigenvalue weighted by molar-refractivity contribution is 6.10. The van der Waals surface area contributed by atoms with Gasteiger partial charge in [-0.15, -0.1) is 0 Å². The molecule has 0 spiro atoms. The normalized spacial score (nSPS) is 12.1. The van der Waals surface area contributed by atoms with Crippen LogP contribution in [0.25, 0.3) is 38.9 Å². The number of nitrogens with one attached hydrogen (secondary N) is 2. The lowest BCUT2D eigenvalue weighted by molar-refractivity contribution is 0.0836. The Hall–Kier alpha value is -4.10. The summed E-state index contributed by atoms with van der Waals surface area (Å²) in [6.45, 7) is 5.72. The minimum absolute atomic E-state index is 0.242. The number of benzene rings is 2. The molecule has 0 aliphatic rings. The van der Waals surface area contributed by atoms with Crippen molar-refractivity contribution in [3.05, 3.63) is 83.9 Å². The lowest BCUT2D eigenvalue weighted by Crippen LogP contribution is -2.32. The maximum Gasteiger partial charge on any atom is 0.132 e. The van der Waals surface area contributed by atoms with Crippen LogP contribution in [0.15, 0.2) is 67.0 Å². The van der Waals surface area contributed by atoms with E-state index in [2.05, 4.69) is 16.4 Å². The first-order chi connectivity index (χ1) is 16.7. The highest BCUT2D eigenvalue weighted by Crippen LogP contribution is 2.36. The van der Waals surface area contributed by atoms with E-state index in [-0.39, 0.29) is 11.6 Å². The molecule has 0 aliphatic carbocycles. The largest absolute Gasteiger partial charge is 0.389 e. The lowest BCUT2D eigenvalue weighted by Gasteiger charge is -2.18. The van der Waals surface area contributed by atoms with Gasteiger partial charge in [0.2, 0.25) is 0 Å². The third-order valence-corrected chi connectivity index (χ3v) is 5.70. The SMILES string of the molecule is Cc1ccnc2ccc(-c3cc(/C(C=N)=C/NCC(C)(C)O)c(N)nc3-c3ccc(F)cc3)cc12. The number of nitrogens with two attached hydrogens (primary N) is 1. The summed E-state index contributed by atoms with van der Waals surface area (Å²) in [5, 5.41) is 22.0. The number of anilines is 1. The van der Waals surface area contributed by atoms with Gasteiger partial charge in [0, 0.05) is 52.8 Å². The molecule has 178 valence electrons. The van der Waals surface area contributed by atoms with Crippen LogP contribution < -0.4 is 11.1 Å². The second-order valence-corrected chi connectivity index (χ2v) is 9.12. The van der Waals surface area contributed by atoms with Crippen molar-refractivity contribution >= 4 is 28.5 Å². The molecule has 4 aromatic rings. The first-order valence-electron chi connectivity index (χ1n) is 11.3. The Morgan fingerprint density at radius 3 is 2.51 bits per heavy atom. The molecule has 4 rings (SSSR count).